The van der Waals surface area contributed by atoms with Crippen LogP contribution in [0.25, 0.3) is 0 Å². The Labute approximate surface area is 188 Å². The van der Waals surface area contributed by atoms with Gasteiger partial charge in [0.15, 0.2) is 11.5 Å². The highest BCUT2D eigenvalue weighted by Gasteiger charge is 2.18. The van der Waals surface area contributed by atoms with Gasteiger partial charge in [-0.1, -0.05) is 30.3 Å². The summed E-state index contributed by atoms with van der Waals surface area (Å²) in [5.41, 5.74) is 2.23. The van der Waals surface area contributed by atoms with Gasteiger partial charge in [0.25, 0.3) is 15.9 Å². The van der Waals surface area contributed by atoms with Crippen molar-refractivity contribution in [1.29, 1.82) is 0 Å². The van der Waals surface area contributed by atoms with Crippen LogP contribution in [0.1, 0.15) is 34.5 Å². The average molecular weight is 455 g/mol. The van der Waals surface area contributed by atoms with Crippen LogP contribution in [0.5, 0.6) is 11.5 Å². The summed E-state index contributed by atoms with van der Waals surface area (Å²) < 4.78 is 38.5. The van der Waals surface area contributed by atoms with E-state index < -0.39 is 10.0 Å². The first-order chi connectivity index (χ1) is 15.2. The minimum Gasteiger partial charge on any atom is -0.493 e. The van der Waals surface area contributed by atoms with Crippen LogP contribution in [0.4, 0.5) is 5.69 Å². The molecule has 3 aromatic rings. The first kappa shape index (κ1) is 23.1. The molecule has 8 heteroatoms. The van der Waals surface area contributed by atoms with Crippen LogP contribution in [0.2, 0.25) is 0 Å². The Morgan fingerprint density at radius 2 is 1.59 bits per heavy atom. The third-order valence-corrected chi connectivity index (χ3v) is 6.43. The predicted octanol–water partition coefficient (Wildman–Crippen LogP) is 4.30. The molecule has 0 saturated carbocycles. The van der Waals surface area contributed by atoms with E-state index >= 15 is 0 Å². The monoisotopic (exact) mass is 454 g/mol. The Kier molecular flexibility index (Phi) is 7.05. The molecule has 0 spiro atoms. The number of amides is 1. The topological polar surface area (TPSA) is 93.7 Å². The summed E-state index contributed by atoms with van der Waals surface area (Å²) in [5, 5.41) is 2.93. The summed E-state index contributed by atoms with van der Waals surface area (Å²) in [4.78, 5) is 13.0. The van der Waals surface area contributed by atoms with Crippen LogP contribution in [-0.2, 0) is 10.0 Å². The molecule has 2 N–H and O–H groups in total. The van der Waals surface area contributed by atoms with Gasteiger partial charge in [-0.15, -0.1) is 0 Å². The van der Waals surface area contributed by atoms with Gasteiger partial charge in [-0.2, -0.15) is 0 Å². The smallest absolute Gasteiger partial charge is 0.261 e. The van der Waals surface area contributed by atoms with Crippen LogP contribution in [0.3, 0.4) is 0 Å². The van der Waals surface area contributed by atoms with Crippen LogP contribution < -0.4 is 19.5 Å². The van der Waals surface area contributed by atoms with Crippen molar-refractivity contribution in [3.63, 3.8) is 0 Å². The summed E-state index contributed by atoms with van der Waals surface area (Å²) in [6.45, 7) is 3.63. The fourth-order valence-corrected chi connectivity index (χ4v) is 4.30. The Morgan fingerprint density at radius 3 is 2.25 bits per heavy atom. The maximum absolute atomic E-state index is 12.9. The molecule has 0 heterocycles. The molecule has 0 fully saturated rings. The SMILES string of the molecule is COc1ccc([C@H](C)NC(=O)c2ccc(C)c(NS(=O)(=O)c3ccccc3)c2)cc1OC. The zero-order valence-electron chi connectivity index (χ0n) is 18.4. The molecule has 32 heavy (non-hydrogen) atoms. The lowest BCUT2D eigenvalue weighted by atomic mass is 10.1. The largest absolute Gasteiger partial charge is 0.493 e. The van der Waals surface area contributed by atoms with E-state index in [1.165, 1.54) is 18.2 Å². The molecule has 0 radical (unpaired) electrons. The van der Waals surface area contributed by atoms with Crippen molar-refractivity contribution in [3.05, 3.63) is 83.4 Å². The van der Waals surface area contributed by atoms with E-state index in [0.29, 0.717) is 28.3 Å². The number of carbonyl (C=O) groups is 1. The van der Waals surface area contributed by atoms with Crippen molar-refractivity contribution in [2.45, 2.75) is 24.8 Å². The van der Waals surface area contributed by atoms with Gasteiger partial charge in [0, 0.05) is 5.56 Å². The number of hydrogen-bond acceptors (Lipinski definition) is 5. The Bertz CT molecular complexity index is 1210. The molecule has 1 atom stereocenters. The molecule has 1 amide bonds. The second-order valence-corrected chi connectivity index (χ2v) is 8.94. The first-order valence-electron chi connectivity index (χ1n) is 9.96. The van der Waals surface area contributed by atoms with Gasteiger partial charge in [-0.05, 0) is 61.4 Å². The van der Waals surface area contributed by atoms with E-state index in [1.807, 2.05) is 13.0 Å². The molecule has 0 bridgehead atoms. The second kappa shape index (κ2) is 9.74. The maximum atomic E-state index is 12.9. The molecule has 7 nitrogen and oxygen atoms in total. The van der Waals surface area contributed by atoms with Crippen molar-refractivity contribution in [1.82, 2.24) is 5.32 Å². The van der Waals surface area contributed by atoms with E-state index in [9.17, 15) is 13.2 Å². The molecule has 0 unspecified atom stereocenters. The van der Waals surface area contributed by atoms with Crippen molar-refractivity contribution in [2.75, 3.05) is 18.9 Å². The number of sulfonamides is 1. The number of benzene rings is 3. The minimum atomic E-state index is -3.77. The lowest BCUT2D eigenvalue weighted by Crippen LogP contribution is -2.27. The summed E-state index contributed by atoms with van der Waals surface area (Å²) >= 11 is 0. The molecule has 0 saturated heterocycles. The van der Waals surface area contributed by atoms with E-state index in [-0.39, 0.29) is 16.8 Å². The summed E-state index contributed by atoms with van der Waals surface area (Å²) in [7, 11) is -0.656. The molecular formula is C24H26N2O5S. The van der Waals surface area contributed by atoms with Gasteiger partial charge in [-0.25, -0.2) is 8.42 Å². The maximum Gasteiger partial charge on any atom is 0.261 e. The number of anilines is 1. The number of aryl methyl sites for hydroxylation is 1. The first-order valence-corrected chi connectivity index (χ1v) is 11.4. The molecule has 168 valence electrons. The lowest BCUT2D eigenvalue weighted by Gasteiger charge is -2.17. The highest BCUT2D eigenvalue weighted by Crippen LogP contribution is 2.30. The zero-order valence-corrected chi connectivity index (χ0v) is 19.2. The Morgan fingerprint density at radius 1 is 0.906 bits per heavy atom. The van der Waals surface area contributed by atoms with E-state index in [2.05, 4.69) is 10.0 Å². The summed E-state index contributed by atoms with van der Waals surface area (Å²) in [6.07, 6.45) is 0. The average Bonchev–Trinajstić information content (AvgIpc) is 2.80. The van der Waals surface area contributed by atoms with Gasteiger partial charge < -0.3 is 14.8 Å². The van der Waals surface area contributed by atoms with Crippen molar-refractivity contribution < 1.29 is 22.7 Å². The van der Waals surface area contributed by atoms with E-state index in [0.717, 1.165) is 5.56 Å². The van der Waals surface area contributed by atoms with Gasteiger partial charge in [0.05, 0.1) is 30.8 Å². The van der Waals surface area contributed by atoms with Crippen molar-refractivity contribution in [3.8, 4) is 11.5 Å². The Balaban J connectivity index is 1.79. The third-order valence-electron chi connectivity index (χ3n) is 5.05. The molecule has 0 aliphatic rings. The Hall–Kier alpha value is -3.52. The lowest BCUT2D eigenvalue weighted by molar-refractivity contribution is 0.0940. The van der Waals surface area contributed by atoms with Crippen molar-refractivity contribution >= 4 is 21.6 Å². The number of carbonyl (C=O) groups excluding carboxylic acids is 1. The number of hydrogen-bond donors (Lipinski definition) is 2. The molecule has 3 aromatic carbocycles. The van der Waals surface area contributed by atoms with Crippen molar-refractivity contribution in [2.24, 2.45) is 0 Å². The quantitative estimate of drug-likeness (QED) is 0.529. The number of ether oxygens (including phenoxy) is 2. The van der Waals surface area contributed by atoms with E-state index in [1.54, 1.807) is 63.6 Å². The van der Waals surface area contributed by atoms with Crippen LogP contribution >= 0.6 is 0 Å². The van der Waals surface area contributed by atoms with Crippen LogP contribution in [0.15, 0.2) is 71.6 Å². The highest BCUT2D eigenvalue weighted by atomic mass is 32.2. The standard InChI is InChI=1S/C24H26N2O5S/c1-16-10-11-19(14-21(16)26-32(28,29)20-8-6-5-7-9-20)24(27)25-17(2)18-12-13-22(30-3)23(15-18)31-4/h5-15,17,26H,1-4H3,(H,25,27)/t17-/m0/s1. The molecular weight excluding hydrogens is 428 g/mol. The predicted molar refractivity (Wildman–Crippen MR) is 124 cm³/mol. The fourth-order valence-electron chi connectivity index (χ4n) is 3.16. The van der Waals surface area contributed by atoms with Gasteiger partial charge in [-0.3, -0.25) is 9.52 Å². The summed E-state index contributed by atoms with van der Waals surface area (Å²) in [6, 6.07) is 18.1. The number of methoxy groups -OCH3 is 2. The molecule has 0 aliphatic heterocycles. The normalized spacial score (nSPS) is 12.0. The highest BCUT2D eigenvalue weighted by molar-refractivity contribution is 7.92. The number of rotatable bonds is 8. The van der Waals surface area contributed by atoms with Gasteiger partial charge in [0.1, 0.15) is 0 Å². The molecule has 0 aliphatic carbocycles. The molecule has 0 aromatic heterocycles. The zero-order chi connectivity index (χ0) is 23.3. The minimum absolute atomic E-state index is 0.149. The van der Waals surface area contributed by atoms with Crippen LogP contribution in [-0.4, -0.2) is 28.5 Å². The van der Waals surface area contributed by atoms with Crippen LogP contribution in [0, 0.1) is 6.92 Å². The molecule has 3 rings (SSSR count). The number of nitrogens with one attached hydrogen (secondary N) is 2. The van der Waals surface area contributed by atoms with Gasteiger partial charge in [0.2, 0.25) is 0 Å². The summed E-state index contributed by atoms with van der Waals surface area (Å²) in [5.74, 6) is 0.843. The fraction of sp³-hybridized carbons (Fsp3) is 0.208. The second-order valence-electron chi connectivity index (χ2n) is 7.26. The third kappa shape index (κ3) is 5.20. The van der Waals surface area contributed by atoms with E-state index in [4.69, 9.17) is 9.47 Å². The van der Waals surface area contributed by atoms with Gasteiger partial charge >= 0.3 is 0 Å².